The van der Waals surface area contributed by atoms with E-state index in [-0.39, 0.29) is 0 Å². The average Bonchev–Trinajstić information content (AvgIpc) is 2.14. The second-order valence-electron chi connectivity index (χ2n) is 1.41. The van der Waals surface area contributed by atoms with Gasteiger partial charge in [-0.05, 0) is 0 Å². The van der Waals surface area contributed by atoms with Gasteiger partial charge in [0.05, 0.1) is 0 Å². The third kappa shape index (κ3) is 0.916. The van der Waals surface area contributed by atoms with Crippen LogP contribution in [0.5, 0.6) is 0 Å². The molecule has 0 aliphatic carbocycles. The van der Waals surface area contributed by atoms with E-state index in [9.17, 15) is 0 Å². The van der Waals surface area contributed by atoms with Gasteiger partial charge in [0.15, 0.2) is 0 Å². The van der Waals surface area contributed by atoms with Gasteiger partial charge in [-0.3, -0.25) is 0 Å². The van der Waals surface area contributed by atoms with Crippen LogP contribution in [0.4, 0.5) is 0 Å². The van der Waals surface area contributed by atoms with E-state index < -0.39 is 15.3 Å². The molecular formula is C4H6N2OSe. The van der Waals surface area contributed by atoms with Crippen LogP contribution in [-0.2, 0) is 7.05 Å². The molecule has 0 bridgehead atoms. The zero-order valence-electron chi connectivity index (χ0n) is 4.40. The van der Waals surface area contributed by atoms with Crippen molar-refractivity contribution in [3.05, 3.63) is 12.4 Å². The molecule has 0 aromatic carbocycles. The zero-order chi connectivity index (χ0) is 5.98. The maximum absolute atomic E-state index is 8.59. The summed E-state index contributed by atoms with van der Waals surface area (Å²) >= 11 is -0.460. The van der Waals surface area contributed by atoms with Gasteiger partial charge in [-0.2, -0.15) is 0 Å². The van der Waals surface area contributed by atoms with Gasteiger partial charge in [0.25, 0.3) is 0 Å². The van der Waals surface area contributed by atoms with E-state index in [4.69, 9.17) is 4.19 Å². The number of imidazole rings is 1. The van der Waals surface area contributed by atoms with Crippen LogP contribution in [0.3, 0.4) is 0 Å². The number of hydrogen-bond acceptors (Lipinski definition) is 2. The average molecular weight is 177 g/mol. The molecule has 1 aromatic rings. The van der Waals surface area contributed by atoms with E-state index in [2.05, 4.69) is 4.98 Å². The molecule has 8 heavy (non-hydrogen) atoms. The van der Waals surface area contributed by atoms with Crippen LogP contribution in [0.1, 0.15) is 0 Å². The number of aromatic nitrogens is 2. The first-order valence-corrected chi connectivity index (χ1v) is 3.75. The molecule has 0 aliphatic heterocycles. The molecule has 44 valence electrons. The summed E-state index contributed by atoms with van der Waals surface area (Å²) in [5, 5.41) is 0. The summed E-state index contributed by atoms with van der Waals surface area (Å²) in [6.07, 6.45) is 3.49. The molecule has 0 amide bonds. The van der Waals surface area contributed by atoms with Gasteiger partial charge in [-0.1, -0.05) is 0 Å². The monoisotopic (exact) mass is 178 g/mol. The molecule has 0 spiro atoms. The summed E-state index contributed by atoms with van der Waals surface area (Å²) in [6.45, 7) is 0. The first-order chi connectivity index (χ1) is 3.84. The summed E-state index contributed by atoms with van der Waals surface area (Å²) in [5.74, 6) is 0. The molecule has 0 saturated heterocycles. The van der Waals surface area contributed by atoms with Crippen molar-refractivity contribution in [3.63, 3.8) is 0 Å². The van der Waals surface area contributed by atoms with Crippen LogP contribution >= 0.6 is 0 Å². The Morgan fingerprint density at radius 2 is 2.62 bits per heavy atom. The maximum atomic E-state index is 8.59. The second-order valence-corrected chi connectivity index (χ2v) is 2.56. The summed E-state index contributed by atoms with van der Waals surface area (Å²) in [5.41, 5.74) is 0. The topological polar surface area (TPSA) is 38.0 Å². The molecule has 1 heterocycles. The summed E-state index contributed by atoms with van der Waals surface area (Å²) in [4.78, 5) is 3.88. The quantitative estimate of drug-likeness (QED) is 0.539. The minimum absolute atomic E-state index is 0.460. The van der Waals surface area contributed by atoms with Crippen molar-refractivity contribution in [3.8, 4) is 0 Å². The van der Waals surface area contributed by atoms with E-state index in [0.29, 0.717) is 0 Å². The Hall–Kier alpha value is -0.311. The van der Waals surface area contributed by atoms with Crippen molar-refractivity contribution in [1.82, 2.24) is 9.55 Å². The van der Waals surface area contributed by atoms with Gasteiger partial charge in [0, 0.05) is 0 Å². The van der Waals surface area contributed by atoms with E-state index in [1.165, 1.54) is 0 Å². The van der Waals surface area contributed by atoms with Gasteiger partial charge in [-0.25, -0.2) is 0 Å². The van der Waals surface area contributed by atoms with Crippen molar-refractivity contribution in [1.29, 1.82) is 0 Å². The predicted octanol–water partition coefficient (Wildman–Crippen LogP) is -1.34. The van der Waals surface area contributed by atoms with Crippen LogP contribution in [0.25, 0.3) is 0 Å². The van der Waals surface area contributed by atoms with Gasteiger partial charge in [-0.15, -0.1) is 0 Å². The fourth-order valence-electron chi connectivity index (χ4n) is 0.440. The molecule has 3 nitrogen and oxygen atoms in total. The number of rotatable bonds is 1. The normalized spacial score (nSPS) is 9.75. The summed E-state index contributed by atoms with van der Waals surface area (Å²) in [6, 6.07) is 0. The SMILES string of the molecule is Cn1ccnc1[Se]O. The van der Waals surface area contributed by atoms with E-state index in [1.54, 1.807) is 10.8 Å². The van der Waals surface area contributed by atoms with Crippen LogP contribution in [-0.4, -0.2) is 29.0 Å². The van der Waals surface area contributed by atoms with E-state index >= 15 is 0 Å². The van der Waals surface area contributed by atoms with Crippen LogP contribution < -0.4 is 4.72 Å². The Morgan fingerprint density at radius 3 is 2.88 bits per heavy atom. The van der Waals surface area contributed by atoms with Crippen LogP contribution in [0, 0.1) is 0 Å². The van der Waals surface area contributed by atoms with Crippen LogP contribution in [0.2, 0.25) is 0 Å². The number of nitrogens with zero attached hydrogens (tertiary/aromatic N) is 2. The molecule has 0 atom stereocenters. The minimum atomic E-state index is -0.460. The van der Waals surface area contributed by atoms with Crippen LogP contribution in [0.15, 0.2) is 12.4 Å². The molecule has 0 saturated carbocycles. The third-order valence-electron chi connectivity index (χ3n) is 0.859. The molecule has 1 aromatic heterocycles. The van der Waals surface area contributed by atoms with Crippen molar-refractivity contribution >= 4 is 20.0 Å². The number of aryl methyl sites for hydroxylation is 1. The van der Waals surface area contributed by atoms with Crippen molar-refractivity contribution in [2.45, 2.75) is 0 Å². The van der Waals surface area contributed by atoms with E-state index in [1.807, 2.05) is 13.2 Å². The Labute approximate surface area is 53.8 Å². The first kappa shape index (κ1) is 5.82. The van der Waals surface area contributed by atoms with Gasteiger partial charge in [0.1, 0.15) is 0 Å². The van der Waals surface area contributed by atoms with Crippen molar-refractivity contribution in [2.24, 2.45) is 7.05 Å². The summed E-state index contributed by atoms with van der Waals surface area (Å²) in [7, 11) is 1.86. The Bertz CT molecular complexity index is 174. The Kier molecular flexibility index (Phi) is 1.68. The molecule has 0 fully saturated rings. The summed E-state index contributed by atoms with van der Waals surface area (Å²) < 4.78 is 11.2. The first-order valence-electron chi connectivity index (χ1n) is 2.13. The fourth-order valence-corrected chi connectivity index (χ4v) is 1.06. The zero-order valence-corrected chi connectivity index (χ0v) is 6.12. The van der Waals surface area contributed by atoms with Gasteiger partial charge in [0.2, 0.25) is 0 Å². The predicted molar refractivity (Wildman–Crippen MR) is 30.8 cm³/mol. The van der Waals surface area contributed by atoms with E-state index in [0.717, 1.165) is 4.72 Å². The van der Waals surface area contributed by atoms with Gasteiger partial charge >= 0.3 is 53.2 Å². The molecule has 0 radical (unpaired) electrons. The third-order valence-corrected chi connectivity index (χ3v) is 2.03. The van der Waals surface area contributed by atoms with Gasteiger partial charge < -0.3 is 0 Å². The Morgan fingerprint density at radius 1 is 1.88 bits per heavy atom. The fraction of sp³-hybridized carbons (Fsp3) is 0.250. The molecule has 1 rings (SSSR count). The number of hydrogen-bond donors (Lipinski definition) is 1. The standard InChI is InChI=1S/C4H6N2OSe/c1-6-3-2-5-4(6)8-7/h2-3,7H,1H3. The molecule has 0 aliphatic rings. The molecule has 4 heteroatoms. The second kappa shape index (κ2) is 2.31. The Balaban J connectivity index is 2.92. The van der Waals surface area contributed by atoms with Crippen molar-refractivity contribution < 1.29 is 4.19 Å². The molecular weight excluding hydrogens is 171 g/mol. The molecule has 0 unspecified atom stereocenters. The molecule has 1 N–H and O–H groups in total. The van der Waals surface area contributed by atoms with Crippen molar-refractivity contribution in [2.75, 3.05) is 0 Å².